The highest BCUT2D eigenvalue weighted by Crippen LogP contribution is 2.40. The number of halogens is 3. The summed E-state index contributed by atoms with van der Waals surface area (Å²) in [6, 6.07) is 15.0. The van der Waals surface area contributed by atoms with Gasteiger partial charge in [0, 0.05) is 17.6 Å². The first-order valence-corrected chi connectivity index (χ1v) is 10.0. The molecule has 1 saturated carbocycles. The Morgan fingerprint density at radius 3 is 2.33 bits per heavy atom. The predicted molar refractivity (Wildman–Crippen MR) is 112 cm³/mol. The van der Waals surface area contributed by atoms with Crippen LogP contribution in [0, 0.1) is 6.92 Å². The molecule has 1 heterocycles. The third-order valence-electron chi connectivity index (χ3n) is 5.41. The van der Waals surface area contributed by atoms with Crippen LogP contribution in [0.3, 0.4) is 0 Å². The average Bonchev–Trinajstić information content (AvgIpc) is 3.24. The van der Waals surface area contributed by atoms with Gasteiger partial charge in [0.1, 0.15) is 11.4 Å². The normalized spacial score (nSPS) is 14.7. The van der Waals surface area contributed by atoms with E-state index >= 15 is 0 Å². The quantitative estimate of drug-likeness (QED) is 0.476. The summed E-state index contributed by atoms with van der Waals surface area (Å²) in [4.78, 5) is 8.05. The predicted octanol–water partition coefficient (Wildman–Crippen LogP) is 6.95. The minimum atomic E-state index is -4.56. The molecule has 1 aromatic heterocycles. The molecule has 0 radical (unpaired) electrons. The molecule has 4 nitrogen and oxygen atoms in total. The van der Waals surface area contributed by atoms with Gasteiger partial charge >= 0.3 is 6.18 Å². The average molecular weight is 412 g/mol. The molecule has 0 aliphatic heterocycles. The van der Waals surface area contributed by atoms with Crippen molar-refractivity contribution in [3.8, 4) is 0 Å². The standard InChI is InChI=1S/C23H23F3N4/c1-15-10-12-17(13-11-15)28-22-27-14-19(23(24,25)26)21(30-22)29-20-9-5-4-8-18(20)16-6-2-3-7-16/h4-5,8-14,16H,2-3,6-7H2,1H3,(H2,27,28,29,30). The number of benzene rings is 2. The molecule has 0 atom stereocenters. The number of anilines is 4. The topological polar surface area (TPSA) is 49.8 Å². The van der Waals surface area contributed by atoms with Crippen molar-refractivity contribution in [2.45, 2.75) is 44.7 Å². The van der Waals surface area contributed by atoms with Gasteiger partial charge in [0.05, 0.1) is 0 Å². The first kappa shape index (κ1) is 20.2. The van der Waals surface area contributed by atoms with Crippen molar-refractivity contribution in [3.63, 3.8) is 0 Å². The molecule has 1 aliphatic carbocycles. The highest BCUT2D eigenvalue weighted by atomic mass is 19.4. The second-order valence-electron chi connectivity index (χ2n) is 7.64. The van der Waals surface area contributed by atoms with E-state index in [9.17, 15) is 13.2 Å². The molecule has 0 bridgehead atoms. The first-order valence-electron chi connectivity index (χ1n) is 10.0. The number of para-hydroxylation sites is 1. The smallest absolute Gasteiger partial charge is 0.339 e. The highest BCUT2D eigenvalue weighted by Gasteiger charge is 2.35. The van der Waals surface area contributed by atoms with Crippen LogP contribution in [0.4, 0.5) is 36.3 Å². The highest BCUT2D eigenvalue weighted by molar-refractivity contribution is 5.66. The van der Waals surface area contributed by atoms with Gasteiger partial charge in [-0.05, 0) is 49.4 Å². The van der Waals surface area contributed by atoms with Crippen LogP contribution in [0.1, 0.15) is 48.3 Å². The summed E-state index contributed by atoms with van der Waals surface area (Å²) >= 11 is 0. The van der Waals surface area contributed by atoms with E-state index in [4.69, 9.17) is 0 Å². The number of nitrogens with one attached hydrogen (secondary N) is 2. The molecule has 1 fully saturated rings. The fourth-order valence-electron chi connectivity index (χ4n) is 3.84. The minimum absolute atomic E-state index is 0.104. The molecule has 2 N–H and O–H groups in total. The van der Waals surface area contributed by atoms with Gasteiger partial charge in [0.15, 0.2) is 0 Å². The summed E-state index contributed by atoms with van der Waals surface area (Å²) in [7, 11) is 0. The van der Waals surface area contributed by atoms with Crippen LogP contribution in [-0.4, -0.2) is 9.97 Å². The third kappa shape index (κ3) is 4.56. The molecule has 30 heavy (non-hydrogen) atoms. The zero-order chi connectivity index (χ0) is 21.1. The van der Waals surface area contributed by atoms with Gasteiger partial charge in [-0.25, -0.2) is 4.98 Å². The fourth-order valence-corrected chi connectivity index (χ4v) is 3.84. The molecule has 2 aromatic carbocycles. The van der Waals surface area contributed by atoms with E-state index < -0.39 is 11.7 Å². The zero-order valence-electron chi connectivity index (χ0n) is 16.6. The lowest BCUT2D eigenvalue weighted by Crippen LogP contribution is -2.13. The van der Waals surface area contributed by atoms with Crippen LogP contribution in [-0.2, 0) is 6.18 Å². The van der Waals surface area contributed by atoms with Crippen molar-refractivity contribution < 1.29 is 13.2 Å². The van der Waals surface area contributed by atoms with Crippen LogP contribution < -0.4 is 10.6 Å². The zero-order valence-corrected chi connectivity index (χ0v) is 16.6. The molecule has 1 aliphatic rings. The number of hydrogen-bond acceptors (Lipinski definition) is 4. The largest absolute Gasteiger partial charge is 0.421 e. The van der Waals surface area contributed by atoms with Crippen LogP contribution in [0.25, 0.3) is 0 Å². The lowest BCUT2D eigenvalue weighted by molar-refractivity contribution is -0.137. The number of aryl methyl sites for hydroxylation is 1. The third-order valence-corrected chi connectivity index (χ3v) is 5.41. The van der Waals surface area contributed by atoms with Gasteiger partial charge in [0.2, 0.25) is 5.95 Å². The monoisotopic (exact) mass is 412 g/mol. The number of aromatic nitrogens is 2. The number of rotatable bonds is 5. The second kappa shape index (κ2) is 8.34. The summed E-state index contributed by atoms with van der Waals surface area (Å²) < 4.78 is 40.8. The van der Waals surface area contributed by atoms with Gasteiger partial charge in [-0.2, -0.15) is 18.2 Å². The van der Waals surface area contributed by atoms with Gasteiger partial charge < -0.3 is 10.6 Å². The SMILES string of the molecule is Cc1ccc(Nc2ncc(C(F)(F)F)c(Nc3ccccc3C3CCCC3)n2)cc1. The summed E-state index contributed by atoms with van der Waals surface area (Å²) in [5, 5.41) is 5.92. The minimum Gasteiger partial charge on any atom is -0.339 e. The van der Waals surface area contributed by atoms with Gasteiger partial charge in [0.25, 0.3) is 0 Å². The van der Waals surface area contributed by atoms with Crippen LogP contribution in [0.5, 0.6) is 0 Å². The van der Waals surface area contributed by atoms with Crippen molar-refractivity contribution in [2.24, 2.45) is 0 Å². The van der Waals surface area contributed by atoms with E-state index in [2.05, 4.69) is 20.6 Å². The lowest BCUT2D eigenvalue weighted by Gasteiger charge is -2.19. The molecule has 0 saturated heterocycles. The van der Waals surface area contributed by atoms with E-state index in [1.807, 2.05) is 55.5 Å². The number of alkyl halides is 3. The molecule has 4 rings (SSSR count). The molecular formula is C23H23F3N4. The summed E-state index contributed by atoms with van der Waals surface area (Å²) in [6.07, 6.45) is 0.649. The Balaban J connectivity index is 1.68. The van der Waals surface area contributed by atoms with Crippen LogP contribution >= 0.6 is 0 Å². The Hall–Kier alpha value is -3.09. The maximum atomic E-state index is 13.6. The summed E-state index contributed by atoms with van der Waals surface area (Å²) in [6.45, 7) is 1.96. The van der Waals surface area contributed by atoms with E-state index in [0.29, 0.717) is 17.3 Å². The Kier molecular flexibility index (Phi) is 5.61. The van der Waals surface area contributed by atoms with Crippen molar-refractivity contribution in [3.05, 3.63) is 71.4 Å². The fraction of sp³-hybridized carbons (Fsp3) is 0.304. The van der Waals surface area contributed by atoms with Gasteiger partial charge in [-0.15, -0.1) is 0 Å². The molecular weight excluding hydrogens is 389 g/mol. The molecule has 0 amide bonds. The molecule has 3 aromatic rings. The molecule has 0 spiro atoms. The van der Waals surface area contributed by atoms with Crippen LogP contribution in [0.15, 0.2) is 54.7 Å². The van der Waals surface area contributed by atoms with E-state index in [0.717, 1.165) is 43.0 Å². The summed E-state index contributed by atoms with van der Waals surface area (Å²) in [5.74, 6) is 0.209. The van der Waals surface area contributed by atoms with Crippen molar-refractivity contribution in [2.75, 3.05) is 10.6 Å². The van der Waals surface area contributed by atoms with Crippen molar-refractivity contribution >= 4 is 23.1 Å². The molecule has 156 valence electrons. The Morgan fingerprint density at radius 1 is 0.933 bits per heavy atom. The Bertz CT molecular complexity index is 1010. The van der Waals surface area contributed by atoms with E-state index in [1.165, 1.54) is 0 Å². The second-order valence-corrected chi connectivity index (χ2v) is 7.64. The molecule has 7 heteroatoms. The van der Waals surface area contributed by atoms with E-state index in [-0.39, 0.29) is 11.8 Å². The number of hydrogen-bond donors (Lipinski definition) is 2. The number of nitrogens with zero attached hydrogens (tertiary/aromatic N) is 2. The lowest BCUT2D eigenvalue weighted by atomic mass is 9.96. The van der Waals surface area contributed by atoms with Crippen molar-refractivity contribution in [1.82, 2.24) is 9.97 Å². The Morgan fingerprint density at radius 2 is 1.63 bits per heavy atom. The summed E-state index contributed by atoms with van der Waals surface area (Å²) in [5.41, 5.74) is 2.60. The van der Waals surface area contributed by atoms with Gasteiger partial charge in [-0.1, -0.05) is 48.7 Å². The molecule has 0 unspecified atom stereocenters. The van der Waals surface area contributed by atoms with E-state index in [1.54, 1.807) is 0 Å². The first-order chi connectivity index (χ1) is 14.4. The maximum Gasteiger partial charge on any atom is 0.421 e. The van der Waals surface area contributed by atoms with Crippen LogP contribution in [0.2, 0.25) is 0 Å². The maximum absolute atomic E-state index is 13.6. The van der Waals surface area contributed by atoms with Crippen molar-refractivity contribution in [1.29, 1.82) is 0 Å². The Labute approximate surface area is 173 Å². The van der Waals surface area contributed by atoms with Gasteiger partial charge in [-0.3, -0.25) is 0 Å².